The summed E-state index contributed by atoms with van der Waals surface area (Å²) in [5.74, 6) is -0.250. The van der Waals surface area contributed by atoms with E-state index in [1.165, 1.54) is 47.2 Å². The number of hydrogen-bond acceptors (Lipinski definition) is 6. The fourth-order valence-electron chi connectivity index (χ4n) is 3.24. The number of benzene rings is 2. The van der Waals surface area contributed by atoms with Crippen LogP contribution >= 0.6 is 11.8 Å². The Bertz CT molecular complexity index is 926. The molecule has 3 rings (SSSR count). The predicted octanol–water partition coefficient (Wildman–Crippen LogP) is 4.47. The largest absolute Gasteiger partial charge is 0.508 e. The van der Waals surface area contributed by atoms with Crippen LogP contribution in [-0.2, 0) is 22.4 Å². The van der Waals surface area contributed by atoms with E-state index in [2.05, 4.69) is 30.4 Å². The lowest BCUT2D eigenvalue weighted by Gasteiger charge is -2.20. The van der Waals surface area contributed by atoms with Gasteiger partial charge in [0.2, 0.25) is 0 Å². The summed E-state index contributed by atoms with van der Waals surface area (Å²) < 4.78 is 4.68. The summed E-state index contributed by atoms with van der Waals surface area (Å²) in [5.41, 5.74) is 2.89. The molecule has 32 heavy (non-hydrogen) atoms. The number of fused-ring (bicyclic) bond motifs is 1. The van der Waals surface area contributed by atoms with Crippen LogP contribution in [-0.4, -0.2) is 45.4 Å². The van der Waals surface area contributed by atoms with Gasteiger partial charge in [-0.1, -0.05) is 13.0 Å². The van der Waals surface area contributed by atoms with Gasteiger partial charge < -0.3 is 20.3 Å². The molecule has 0 heterocycles. The van der Waals surface area contributed by atoms with E-state index >= 15 is 0 Å². The number of carboxylic acid groups (broad SMARTS) is 1. The number of hydrogen-bond donors (Lipinski definition) is 3. The molecule has 0 radical (unpaired) electrons. The number of aliphatic carboxylic acids is 1. The number of carbonyl (C=O) groups excluding carboxylic acids is 1. The minimum Gasteiger partial charge on any atom is -0.508 e. The Balaban J connectivity index is 0.000000244. The van der Waals surface area contributed by atoms with Gasteiger partial charge in [0.25, 0.3) is 0 Å². The van der Waals surface area contributed by atoms with Crippen molar-refractivity contribution >= 4 is 23.5 Å². The Kier molecular flexibility index (Phi) is 9.16. The van der Waals surface area contributed by atoms with Crippen LogP contribution in [0.3, 0.4) is 0 Å². The number of carbonyl (C=O) groups is 2. The Labute approximate surface area is 194 Å². The van der Waals surface area contributed by atoms with Crippen LogP contribution in [0.5, 0.6) is 11.5 Å². The Morgan fingerprint density at radius 2 is 1.78 bits per heavy atom. The molecule has 0 fully saturated rings. The Morgan fingerprint density at radius 3 is 2.34 bits per heavy atom. The Morgan fingerprint density at radius 1 is 1.16 bits per heavy atom. The third kappa shape index (κ3) is 7.57. The zero-order valence-electron chi connectivity index (χ0n) is 19.3. The number of phenols is 1. The highest BCUT2D eigenvalue weighted by Gasteiger charge is 2.26. The molecule has 2 aromatic carbocycles. The molecule has 2 aromatic rings. The number of rotatable bonds is 8. The summed E-state index contributed by atoms with van der Waals surface area (Å²) in [6, 6.07) is 13.1. The molecule has 0 saturated carbocycles. The van der Waals surface area contributed by atoms with E-state index in [1.54, 1.807) is 18.7 Å². The van der Waals surface area contributed by atoms with Gasteiger partial charge in [-0.3, -0.25) is 4.79 Å². The fourth-order valence-corrected chi connectivity index (χ4v) is 4.31. The molecule has 0 spiro atoms. The smallest absolute Gasteiger partial charge is 0.344 e. The van der Waals surface area contributed by atoms with E-state index in [1.807, 2.05) is 13.8 Å². The van der Waals surface area contributed by atoms with Gasteiger partial charge in [-0.15, -0.1) is 11.8 Å². The number of ketones is 1. The van der Waals surface area contributed by atoms with Gasteiger partial charge in [0.1, 0.15) is 17.3 Å². The molecule has 2 atom stereocenters. The van der Waals surface area contributed by atoms with Crippen molar-refractivity contribution in [1.82, 2.24) is 5.32 Å². The third-order valence-electron chi connectivity index (χ3n) is 5.32. The third-order valence-corrected chi connectivity index (χ3v) is 6.61. The molecule has 174 valence electrons. The summed E-state index contributed by atoms with van der Waals surface area (Å²) in [7, 11) is 0. The van der Waals surface area contributed by atoms with E-state index in [0.29, 0.717) is 11.8 Å². The fraction of sp³-hybridized carbons (Fsp3) is 0.440. The molecule has 6 nitrogen and oxygen atoms in total. The topological polar surface area (TPSA) is 95.9 Å². The molecule has 3 N–H and O–H groups in total. The van der Waals surface area contributed by atoms with Crippen molar-refractivity contribution < 1.29 is 24.5 Å². The summed E-state index contributed by atoms with van der Waals surface area (Å²) >= 11 is 1.66. The zero-order chi connectivity index (χ0) is 23.9. The number of thioether (sulfide) groups is 1. The summed E-state index contributed by atoms with van der Waals surface area (Å²) in [4.78, 5) is 23.2. The zero-order valence-corrected chi connectivity index (χ0v) is 20.2. The van der Waals surface area contributed by atoms with Crippen LogP contribution in [0.15, 0.2) is 47.4 Å². The van der Waals surface area contributed by atoms with Crippen LogP contribution in [0.4, 0.5) is 0 Å². The molecule has 0 aliphatic heterocycles. The lowest BCUT2D eigenvalue weighted by Crippen LogP contribution is -2.28. The molecule has 0 amide bonds. The van der Waals surface area contributed by atoms with Gasteiger partial charge in [0, 0.05) is 10.9 Å². The number of aromatic hydroxyl groups is 1. The summed E-state index contributed by atoms with van der Waals surface area (Å²) in [6.07, 6.45) is 1.35. The van der Waals surface area contributed by atoms with E-state index in [-0.39, 0.29) is 16.3 Å². The highest BCUT2D eigenvalue weighted by atomic mass is 32.2. The van der Waals surface area contributed by atoms with E-state index in [4.69, 9.17) is 14.9 Å². The lowest BCUT2D eigenvalue weighted by atomic mass is 10.1. The maximum absolute atomic E-state index is 11.6. The number of phenolic OH excluding ortho intramolecular Hbond substituents is 1. The first-order chi connectivity index (χ1) is 15.0. The molecule has 0 aromatic heterocycles. The van der Waals surface area contributed by atoms with Crippen LogP contribution in [0.2, 0.25) is 0 Å². The van der Waals surface area contributed by atoms with Crippen molar-refractivity contribution in [2.24, 2.45) is 0 Å². The van der Waals surface area contributed by atoms with Crippen molar-refractivity contribution in [3.05, 3.63) is 53.6 Å². The molecular weight excluding hydrogens is 426 g/mol. The number of ether oxygens (including phenoxy) is 1. The minimum absolute atomic E-state index is 0.121. The Hall–Kier alpha value is -2.51. The SMILES string of the molecule is CCN[C@H]1Cc2ccc(SC(C)(C)C(C)=O)cc2C1.C[C@H](Oc1ccc(O)cc1)C(=O)O. The van der Waals surface area contributed by atoms with E-state index in [0.717, 1.165) is 19.4 Å². The van der Waals surface area contributed by atoms with Crippen molar-refractivity contribution in [1.29, 1.82) is 0 Å². The van der Waals surface area contributed by atoms with Gasteiger partial charge >= 0.3 is 5.97 Å². The molecule has 0 unspecified atom stereocenters. The van der Waals surface area contributed by atoms with Crippen LogP contribution in [0, 0.1) is 0 Å². The first-order valence-electron chi connectivity index (χ1n) is 10.8. The second-order valence-corrected chi connectivity index (χ2v) is 10.1. The normalized spacial score (nSPS) is 15.8. The molecule has 0 bridgehead atoms. The van der Waals surface area contributed by atoms with E-state index < -0.39 is 12.1 Å². The first kappa shape index (κ1) is 25.7. The van der Waals surface area contributed by atoms with Gasteiger partial charge in [0.05, 0.1) is 4.75 Å². The van der Waals surface area contributed by atoms with Crippen LogP contribution in [0.25, 0.3) is 0 Å². The number of carboxylic acids is 1. The highest BCUT2D eigenvalue weighted by molar-refractivity contribution is 8.01. The standard InChI is InChI=1S/C16H23NOS.C9H10O4/c1-5-17-14-8-12-6-7-15(10-13(12)9-14)19-16(3,4)11(2)18;1-6(9(11)12)13-8-4-2-7(10)3-5-8/h6-7,10,14,17H,5,8-9H2,1-4H3;2-6,10H,1H3,(H,11,12)/t14-;6-/m00/s1. The van der Waals surface area contributed by atoms with Crippen molar-refractivity contribution in [3.8, 4) is 11.5 Å². The lowest BCUT2D eigenvalue weighted by molar-refractivity contribution is -0.144. The number of Topliss-reactive ketones (excluding diaryl/α,β-unsaturated/α-hetero) is 1. The predicted molar refractivity (Wildman–Crippen MR) is 128 cm³/mol. The van der Waals surface area contributed by atoms with Crippen LogP contribution < -0.4 is 10.1 Å². The molecule has 1 aliphatic rings. The minimum atomic E-state index is -1.02. The summed E-state index contributed by atoms with van der Waals surface area (Å²) in [5, 5.41) is 21.0. The van der Waals surface area contributed by atoms with Crippen molar-refractivity contribution in [3.63, 3.8) is 0 Å². The van der Waals surface area contributed by atoms with Crippen molar-refractivity contribution in [2.75, 3.05) is 6.54 Å². The molecule has 7 heteroatoms. The average Bonchev–Trinajstić information content (AvgIpc) is 3.11. The first-order valence-corrected chi connectivity index (χ1v) is 11.6. The second kappa shape index (κ2) is 11.4. The average molecular weight is 460 g/mol. The molecule has 0 saturated heterocycles. The van der Waals surface area contributed by atoms with Gasteiger partial charge in [-0.2, -0.15) is 0 Å². The second-order valence-electron chi connectivity index (χ2n) is 8.35. The molecular formula is C25H33NO5S. The van der Waals surface area contributed by atoms with Gasteiger partial charge in [-0.05, 0) is 94.6 Å². The van der Waals surface area contributed by atoms with Gasteiger partial charge in [0.15, 0.2) is 6.10 Å². The monoisotopic (exact) mass is 459 g/mol. The molecule has 1 aliphatic carbocycles. The van der Waals surface area contributed by atoms with Crippen LogP contribution in [0.1, 0.15) is 45.7 Å². The van der Waals surface area contributed by atoms with E-state index in [9.17, 15) is 9.59 Å². The summed E-state index contributed by atoms with van der Waals surface area (Å²) in [6.45, 7) is 10.3. The number of nitrogens with one attached hydrogen (secondary N) is 1. The maximum atomic E-state index is 11.6. The quantitative estimate of drug-likeness (QED) is 0.501. The highest BCUT2D eigenvalue weighted by Crippen LogP contribution is 2.35. The number of likely N-dealkylation sites (N-methyl/N-ethyl adjacent to an activating group) is 1. The maximum Gasteiger partial charge on any atom is 0.344 e. The van der Waals surface area contributed by atoms with Crippen molar-refractivity contribution in [2.45, 2.75) is 69.2 Å². The van der Waals surface area contributed by atoms with Gasteiger partial charge in [-0.25, -0.2) is 4.79 Å².